The predicted octanol–water partition coefficient (Wildman–Crippen LogP) is 2.89. The first kappa shape index (κ1) is 14.6. The van der Waals surface area contributed by atoms with Gasteiger partial charge in [-0.15, -0.1) is 0 Å². The number of benzene rings is 1. The van der Waals surface area contributed by atoms with E-state index in [9.17, 15) is 18.9 Å². The fraction of sp³-hybridized carbons (Fsp3) is 0.154. The van der Waals surface area contributed by atoms with Crippen LogP contribution in [0.15, 0.2) is 30.3 Å². The highest BCUT2D eigenvalue weighted by molar-refractivity contribution is 5.53. The molecule has 1 aromatic heterocycles. The van der Waals surface area contributed by atoms with Crippen molar-refractivity contribution in [2.45, 2.75) is 6.54 Å². The number of nitro groups is 1. The standard InChI is InChI=1S/C13H11F2N3O3/c1-21-13-4-2-3-8(17-13)7-16-11-6-12(18(19)20)10(15)5-9(11)14/h2-6,16H,7H2,1H3. The Morgan fingerprint density at radius 2 is 2.10 bits per heavy atom. The first-order valence-electron chi connectivity index (χ1n) is 5.88. The SMILES string of the molecule is COc1cccc(CNc2cc([N+](=O)[O-])c(F)cc2F)n1. The molecule has 0 saturated heterocycles. The third-order valence-corrected chi connectivity index (χ3v) is 2.68. The highest BCUT2D eigenvalue weighted by Crippen LogP contribution is 2.25. The minimum absolute atomic E-state index is 0.108. The summed E-state index contributed by atoms with van der Waals surface area (Å²) in [5.41, 5.74) is -0.425. The van der Waals surface area contributed by atoms with Crippen LogP contribution in [0.1, 0.15) is 5.69 Å². The fourth-order valence-corrected chi connectivity index (χ4v) is 1.67. The van der Waals surface area contributed by atoms with E-state index in [2.05, 4.69) is 10.3 Å². The normalized spacial score (nSPS) is 10.2. The molecule has 0 aliphatic heterocycles. The number of methoxy groups -OCH3 is 1. The number of pyridine rings is 1. The van der Waals surface area contributed by atoms with Crippen molar-refractivity contribution >= 4 is 11.4 Å². The topological polar surface area (TPSA) is 77.3 Å². The van der Waals surface area contributed by atoms with Crippen LogP contribution in [-0.4, -0.2) is 17.0 Å². The molecule has 0 aliphatic carbocycles. The average Bonchev–Trinajstić information content (AvgIpc) is 2.46. The highest BCUT2D eigenvalue weighted by atomic mass is 19.1. The number of hydrogen-bond donors (Lipinski definition) is 1. The average molecular weight is 295 g/mol. The van der Waals surface area contributed by atoms with Crippen LogP contribution < -0.4 is 10.1 Å². The summed E-state index contributed by atoms with van der Waals surface area (Å²) in [7, 11) is 1.46. The molecule has 6 nitrogen and oxygen atoms in total. The molecular weight excluding hydrogens is 284 g/mol. The van der Waals surface area contributed by atoms with Crippen LogP contribution in [-0.2, 0) is 6.54 Å². The monoisotopic (exact) mass is 295 g/mol. The van der Waals surface area contributed by atoms with Gasteiger partial charge in [-0.1, -0.05) is 6.07 Å². The van der Waals surface area contributed by atoms with Gasteiger partial charge in [-0.3, -0.25) is 10.1 Å². The molecule has 0 fully saturated rings. The zero-order chi connectivity index (χ0) is 15.4. The van der Waals surface area contributed by atoms with Gasteiger partial charge in [0.15, 0.2) is 0 Å². The molecule has 21 heavy (non-hydrogen) atoms. The summed E-state index contributed by atoms with van der Waals surface area (Å²) in [6, 6.07) is 6.30. The molecule has 110 valence electrons. The maximum absolute atomic E-state index is 13.6. The highest BCUT2D eigenvalue weighted by Gasteiger charge is 2.18. The van der Waals surface area contributed by atoms with Crippen LogP contribution in [0.5, 0.6) is 5.88 Å². The first-order chi connectivity index (χ1) is 10.0. The Bertz CT molecular complexity index is 680. The lowest BCUT2D eigenvalue weighted by Gasteiger charge is -2.08. The second-order valence-corrected chi connectivity index (χ2v) is 4.07. The van der Waals surface area contributed by atoms with Crippen molar-refractivity contribution in [1.82, 2.24) is 4.98 Å². The molecule has 0 atom stereocenters. The van der Waals surface area contributed by atoms with E-state index >= 15 is 0 Å². The van der Waals surface area contributed by atoms with Gasteiger partial charge in [-0.05, 0) is 6.07 Å². The summed E-state index contributed by atoms with van der Waals surface area (Å²) in [5, 5.41) is 13.3. The fourth-order valence-electron chi connectivity index (χ4n) is 1.67. The number of rotatable bonds is 5. The predicted molar refractivity (Wildman–Crippen MR) is 71.1 cm³/mol. The number of hydrogen-bond acceptors (Lipinski definition) is 5. The Kier molecular flexibility index (Phi) is 4.27. The molecule has 0 aliphatic rings. The van der Waals surface area contributed by atoms with E-state index < -0.39 is 22.2 Å². The zero-order valence-corrected chi connectivity index (χ0v) is 11.0. The van der Waals surface area contributed by atoms with Crippen LogP contribution in [0, 0.1) is 21.7 Å². The maximum Gasteiger partial charge on any atom is 0.307 e. The van der Waals surface area contributed by atoms with Crippen LogP contribution >= 0.6 is 0 Å². The van der Waals surface area contributed by atoms with Crippen molar-refractivity contribution in [3.63, 3.8) is 0 Å². The Balaban J connectivity index is 2.19. The summed E-state index contributed by atoms with van der Waals surface area (Å²) in [4.78, 5) is 13.8. The van der Waals surface area contributed by atoms with E-state index in [1.54, 1.807) is 18.2 Å². The molecule has 0 unspecified atom stereocenters. The zero-order valence-electron chi connectivity index (χ0n) is 11.0. The Morgan fingerprint density at radius 1 is 1.33 bits per heavy atom. The van der Waals surface area contributed by atoms with Crippen molar-refractivity contribution in [2.75, 3.05) is 12.4 Å². The number of halogens is 2. The Hall–Kier alpha value is -2.77. The van der Waals surface area contributed by atoms with E-state index in [0.717, 1.165) is 6.07 Å². The van der Waals surface area contributed by atoms with Crippen molar-refractivity contribution in [3.05, 3.63) is 57.8 Å². The first-order valence-corrected chi connectivity index (χ1v) is 5.88. The molecule has 1 heterocycles. The molecule has 0 saturated carbocycles. The summed E-state index contributed by atoms with van der Waals surface area (Å²) >= 11 is 0. The molecule has 0 spiro atoms. The number of ether oxygens (including phenoxy) is 1. The Morgan fingerprint density at radius 3 is 2.76 bits per heavy atom. The van der Waals surface area contributed by atoms with Gasteiger partial charge < -0.3 is 10.1 Å². The summed E-state index contributed by atoms with van der Waals surface area (Å²) in [6.07, 6.45) is 0. The summed E-state index contributed by atoms with van der Waals surface area (Å²) in [5.74, 6) is -1.75. The summed E-state index contributed by atoms with van der Waals surface area (Å²) in [6.45, 7) is 0.108. The molecule has 8 heteroatoms. The smallest absolute Gasteiger partial charge is 0.307 e. The van der Waals surface area contributed by atoms with Crippen molar-refractivity contribution < 1.29 is 18.4 Å². The molecule has 0 radical (unpaired) electrons. The largest absolute Gasteiger partial charge is 0.481 e. The molecule has 1 N–H and O–H groups in total. The van der Waals surface area contributed by atoms with Gasteiger partial charge in [0.25, 0.3) is 0 Å². The third kappa shape index (κ3) is 3.41. The van der Waals surface area contributed by atoms with E-state index in [4.69, 9.17) is 4.74 Å². The van der Waals surface area contributed by atoms with Crippen LogP contribution in [0.25, 0.3) is 0 Å². The molecule has 2 aromatic rings. The third-order valence-electron chi connectivity index (χ3n) is 2.68. The van der Waals surface area contributed by atoms with Gasteiger partial charge in [-0.2, -0.15) is 4.39 Å². The second-order valence-electron chi connectivity index (χ2n) is 4.07. The van der Waals surface area contributed by atoms with Gasteiger partial charge >= 0.3 is 5.69 Å². The van der Waals surface area contributed by atoms with Crippen LogP contribution in [0.2, 0.25) is 0 Å². The van der Waals surface area contributed by atoms with Gasteiger partial charge in [0.2, 0.25) is 11.7 Å². The quantitative estimate of drug-likeness (QED) is 0.678. The van der Waals surface area contributed by atoms with Gasteiger partial charge in [0.1, 0.15) is 5.82 Å². The maximum atomic E-state index is 13.6. The molecule has 2 rings (SSSR count). The minimum atomic E-state index is -1.22. The molecular formula is C13H11F2N3O3. The minimum Gasteiger partial charge on any atom is -0.481 e. The van der Waals surface area contributed by atoms with Crippen LogP contribution in [0.3, 0.4) is 0 Å². The number of nitrogens with one attached hydrogen (secondary N) is 1. The summed E-state index contributed by atoms with van der Waals surface area (Å²) < 4.78 is 31.7. The number of anilines is 1. The van der Waals surface area contributed by atoms with Crippen molar-refractivity contribution in [3.8, 4) is 5.88 Å². The van der Waals surface area contributed by atoms with E-state index in [1.165, 1.54) is 7.11 Å². The molecule has 0 bridgehead atoms. The number of aromatic nitrogens is 1. The van der Waals surface area contributed by atoms with Gasteiger partial charge in [0.05, 0.1) is 30.0 Å². The number of nitrogens with zero attached hydrogens (tertiary/aromatic N) is 2. The van der Waals surface area contributed by atoms with Crippen molar-refractivity contribution in [1.29, 1.82) is 0 Å². The molecule has 0 amide bonds. The van der Waals surface area contributed by atoms with E-state index in [0.29, 0.717) is 17.6 Å². The van der Waals surface area contributed by atoms with Crippen molar-refractivity contribution in [2.24, 2.45) is 0 Å². The second kappa shape index (κ2) is 6.12. The number of nitro benzene ring substituents is 1. The van der Waals surface area contributed by atoms with Gasteiger partial charge in [0, 0.05) is 18.2 Å². The Labute approximate surface area is 118 Å². The lowest BCUT2D eigenvalue weighted by atomic mass is 10.2. The van der Waals surface area contributed by atoms with Gasteiger partial charge in [-0.25, -0.2) is 9.37 Å². The lowest BCUT2D eigenvalue weighted by molar-refractivity contribution is -0.387. The van der Waals surface area contributed by atoms with E-state index in [1.807, 2.05) is 0 Å². The lowest BCUT2D eigenvalue weighted by Crippen LogP contribution is -2.05. The van der Waals surface area contributed by atoms with E-state index in [-0.39, 0.29) is 12.2 Å². The molecule has 1 aromatic carbocycles. The van der Waals surface area contributed by atoms with Crippen LogP contribution in [0.4, 0.5) is 20.2 Å².